The number of benzene rings is 3. The number of hydrogen-bond donors (Lipinski definition) is 6. The number of fused-ring (bicyclic) bond motifs is 4. The molecule has 16 bridgehead atoms. The molecule has 478 valence electrons. The lowest BCUT2D eigenvalue weighted by atomic mass is 9.25. The molecule has 92 heavy (non-hydrogen) atoms. The summed E-state index contributed by atoms with van der Waals surface area (Å²) in [4.78, 5) is 15.5. The zero-order valence-corrected chi connectivity index (χ0v) is 54.4. The van der Waals surface area contributed by atoms with Gasteiger partial charge < -0.3 is 31.1 Å². The maximum Gasteiger partial charge on any atom is 0.307 e. The summed E-state index contributed by atoms with van der Waals surface area (Å²) in [6.45, 7) is 4.08. The summed E-state index contributed by atoms with van der Waals surface area (Å²) in [6, 6.07) is 30.2. The van der Waals surface area contributed by atoms with Crippen LogP contribution in [0.5, 0.6) is 0 Å². The van der Waals surface area contributed by atoms with Gasteiger partial charge >= 0.3 is 5.97 Å². The van der Waals surface area contributed by atoms with E-state index in [1.165, 1.54) is 101 Å². The average molecular weight is 1230 g/mol. The van der Waals surface area contributed by atoms with Crippen LogP contribution in [0.25, 0.3) is 16.7 Å². The second-order valence-corrected chi connectivity index (χ2v) is 33.8. The molecule has 7 fully saturated rings. The van der Waals surface area contributed by atoms with Crippen molar-refractivity contribution in [3.8, 4) is 0 Å². The highest BCUT2D eigenvalue weighted by atomic mass is 16.4. The van der Waals surface area contributed by atoms with E-state index in [-0.39, 0.29) is 57.7 Å². The molecule has 3 aromatic rings. The second-order valence-electron chi connectivity index (χ2n) is 33.8. The fourth-order valence-corrected chi connectivity index (χ4v) is 28.6. The van der Waals surface area contributed by atoms with Crippen molar-refractivity contribution in [1.29, 1.82) is 0 Å². The number of carboxylic acids is 1. The Balaban J connectivity index is 0.879. The number of allylic oxidation sites excluding steroid dienone is 12. The van der Waals surface area contributed by atoms with Gasteiger partial charge in [0.05, 0.1) is 30.2 Å². The zero-order chi connectivity index (χ0) is 61.7. The van der Waals surface area contributed by atoms with Crippen LogP contribution in [-0.4, -0.2) is 51.7 Å². The van der Waals surface area contributed by atoms with E-state index in [0.717, 1.165) is 121 Å². The van der Waals surface area contributed by atoms with Gasteiger partial charge in [0.25, 0.3) is 0 Å². The molecular weight excluding hydrogens is 1130 g/mol. The fraction of sp³-hybridized carbons (Fsp3) is 0.565. The first kappa shape index (κ1) is 57.5. The van der Waals surface area contributed by atoms with Gasteiger partial charge in [0, 0.05) is 46.1 Å². The van der Waals surface area contributed by atoms with Crippen molar-refractivity contribution >= 4 is 22.7 Å². The Morgan fingerprint density at radius 3 is 2.48 bits per heavy atom. The summed E-state index contributed by atoms with van der Waals surface area (Å²) >= 11 is 0. The number of carboxylic acid groups (broad SMARTS) is 1. The van der Waals surface area contributed by atoms with Crippen LogP contribution in [0, 0.1) is 109 Å². The van der Waals surface area contributed by atoms with Crippen LogP contribution >= 0.6 is 0 Å². The van der Waals surface area contributed by atoms with Crippen molar-refractivity contribution < 1.29 is 25.2 Å². The minimum Gasteiger partial charge on any atom is -0.516 e. The Kier molecular flexibility index (Phi) is 12.9. The van der Waals surface area contributed by atoms with E-state index in [0.29, 0.717) is 36.5 Å². The Labute approximate surface area is 545 Å². The number of aliphatic hydroxyl groups excluding tert-OH is 3. The second kappa shape index (κ2) is 20.6. The Bertz CT molecular complexity index is 4000. The van der Waals surface area contributed by atoms with Gasteiger partial charge in [-0.1, -0.05) is 171 Å². The van der Waals surface area contributed by atoms with Crippen LogP contribution in [-0.2, 0) is 17.6 Å². The minimum absolute atomic E-state index is 0.0721. The maximum atomic E-state index is 15.5. The van der Waals surface area contributed by atoms with Crippen LogP contribution < -0.4 is 21.1 Å². The van der Waals surface area contributed by atoms with Crippen molar-refractivity contribution in [2.75, 3.05) is 13.1 Å². The van der Waals surface area contributed by atoms with Gasteiger partial charge in [0.1, 0.15) is 0 Å². The summed E-state index contributed by atoms with van der Waals surface area (Å²) in [7, 11) is 0. The van der Waals surface area contributed by atoms with E-state index < -0.39 is 45.8 Å². The van der Waals surface area contributed by atoms with Gasteiger partial charge in [-0.25, -0.2) is 0 Å². The molecule has 14 aliphatic carbocycles. The number of nitrogens with one attached hydrogen (secondary N) is 2. The number of aliphatic hydroxyl groups is 3. The third-order valence-corrected chi connectivity index (χ3v) is 31.0. The van der Waals surface area contributed by atoms with E-state index >= 15 is 4.79 Å². The van der Waals surface area contributed by atoms with Crippen LogP contribution in [0.3, 0.4) is 0 Å². The van der Waals surface area contributed by atoms with Gasteiger partial charge in [0.2, 0.25) is 0 Å². The van der Waals surface area contributed by atoms with E-state index in [4.69, 9.17) is 0 Å². The number of carbonyl (C=O) groups is 1. The molecule has 0 amide bonds. The third kappa shape index (κ3) is 7.25. The first-order valence-corrected chi connectivity index (χ1v) is 37.2. The molecule has 4 aliphatic heterocycles. The Morgan fingerprint density at radius 2 is 1.64 bits per heavy atom. The highest BCUT2D eigenvalue weighted by Crippen LogP contribution is 2.92. The van der Waals surface area contributed by atoms with Crippen molar-refractivity contribution in [2.24, 2.45) is 109 Å². The minimum atomic E-state index is -1.01. The number of aliphatic carboxylic acids is 1. The molecule has 5 spiro atoms. The molecule has 20 atom stereocenters. The highest BCUT2D eigenvalue weighted by molar-refractivity contribution is 5.84. The van der Waals surface area contributed by atoms with Crippen molar-refractivity contribution in [2.45, 2.75) is 173 Å². The molecule has 7 heteroatoms. The smallest absolute Gasteiger partial charge is 0.307 e. The van der Waals surface area contributed by atoms with Crippen molar-refractivity contribution in [3.05, 3.63) is 195 Å². The van der Waals surface area contributed by atoms with Crippen LogP contribution in [0.1, 0.15) is 165 Å². The molecule has 6 N–H and O–H groups in total. The lowest BCUT2D eigenvalue weighted by molar-refractivity contribution is -0.200. The van der Waals surface area contributed by atoms with Gasteiger partial charge in [-0.05, 0) is 259 Å². The van der Waals surface area contributed by atoms with Crippen molar-refractivity contribution in [1.82, 2.24) is 10.6 Å². The van der Waals surface area contributed by atoms with E-state index in [9.17, 15) is 20.4 Å². The highest BCUT2D eigenvalue weighted by Gasteiger charge is 2.88. The van der Waals surface area contributed by atoms with Crippen molar-refractivity contribution in [3.63, 3.8) is 0 Å². The largest absolute Gasteiger partial charge is 0.516 e. The number of hydrogen-bond acceptors (Lipinski definition) is 6. The summed E-state index contributed by atoms with van der Waals surface area (Å²) < 4.78 is 0. The monoisotopic (exact) mass is 1230 g/mol. The number of rotatable bonds is 4. The first-order chi connectivity index (χ1) is 44.9. The first-order valence-electron chi connectivity index (χ1n) is 37.2. The van der Waals surface area contributed by atoms with Crippen LogP contribution in [0.4, 0.5) is 0 Å². The molecular formula is C85H98N2O5. The predicted molar refractivity (Wildman–Crippen MR) is 364 cm³/mol. The quantitative estimate of drug-likeness (QED) is 0.114. The summed E-state index contributed by atoms with van der Waals surface area (Å²) in [5.74, 6) is 2.14. The molecule has 0 aromatic heterocycles. The third-order valence-electron chi connectivity index (χ3n) is 31.0. The Hall–Kier alpha value is -5.89. The molecule has 18 aliphatic rings. The van der Waals surface area contributed by atoms with Gasteiger partial charge in [-0.3, -0.25) is 4.79 Å². The van der Waals surface area contributed by atoms with Gasteiger partial charge in [0.15, 0.2) is 0 Å². The van der Waals surface area contributed by atoms with Crippen LogP contribution in [0.15, 0.2) is 168 Å². The molecule has 21 rings (SSSR count). The van der Waals surface area contributed by atoms with E-state index in [1.54, 1.807) is 11.1 Å². The molecule has 0 saturated heterocycles. The lowest BCUT2D eigenvalue weighted by Crippen LogP contribution is -2.73. The molecule has 7 nitrogen and oxygen atoms in total. The van der Waals surface area contributed by atoms with E-state index in [2.05, 4.69) is 151 Å². The fourth-order valence-electron chi connectivity index (χ4n) is 28.6. The lowest BCUT2D eigenvalue weighted by Gasteiger charge is -2.78. The zero-order valence-electron chi connectivity index (χ0n) is 54.4. The molecule has 7 saturated carbocycles. The van der Waals surface area contributed by atoms with Crippen LogP contribution in [0.2, 0.25) is 0 Å². The molecule has 0 unspecified atom stereocenters. The predicted octanol–water partition coefficient (Wildman–Crippen LogP) is 15.1. The van der Waals surface area contributed by atoms with E-state index in [1.807, 2.05) is 0 Å². The summed E-state index contributed by atoms with van der Waals surface area (Å²) in [6.07, 6.45) is 47.5. The maximum absolute atomic E-state index is 15.5. The molecule has 4 heterocycles. The number of dihydropyridines is 1. The summed E-state index contributed by atoms with van der Waals surface area (Å²) in [5, 5.41) is 62.9. The van der Waals surface area contributed by atoms with Gasteiger partial charge in [-0.2, -0.15) is 0 Å². The molecule has 0 radical (unpaired) electrons. The average Bonchev–Trinajstić information content (AvgIpc) is 1.27. The standard InChI is InChI=1S/C85H98N2O5/c1-79-35-13-36-81-48-65-64-44-52-16-10-19-55(43-52)57-26-31-72(87-49-57)86-41-12-22-60(54-17-6-3-7-18-54)58(50-88)25-30-70(77(91)92)83-40-34-66-73-56(47-80(66)38-32-53(46-80)42-51-14-4-2-5-15-51)24-29-67(81)75-68(33-39-82(83)37-11-23-69(76(83)90)85(73,75)82)84(78(79)81)59(45-71(79)89)27-28-63(74(65)84)61-20-8-9-21-62(61)64/h2,4-5,8-10,13-16,19-21,26-28,31,34,36,40,43,48,50,53-54,56,59-60,66-67,69-71,73-74,76,78,86-90H,3,6-7,11-12,17-18,22-25,29-30,32-33,35,37-39,41-42,44-47,49H2,1H3,(H,91,92)/b58-50+/t53-,56+,59+,60-,66+,67+,69+,70-,71-,73+,74-,76+,78+,79+,80-,81+,82+,83-,84+,85+/m0/s1. The molecule has 3 aromatic carbocycles. The summed E-state index contributed by atoms with van der Waals surface area (Å²) in [5.41, 5.74) is 11.4. The normalized spacial score (nSPS) is 45.2. The SMILES string of the molecule is C[C@@]12CC=C[C@@]34C=C5C6=c7ccccc7=C7C=C[C@H](C[C@@H]1O)[C@@](C1=C8[C@H]3CC[C@@H]3C[C@@]9(CC[C@@H](Cc%10ccccc%10)C9)[C@@H]9C=C[C@@]%10([C@H](O)[C@H]%11CCC[C@]%10(CC1)[C@]8%11[C@H]39)[C@H](C(=O)O)CC/C(=C\O)[C@H](C1CCCCC1)CCCNC1=CC=C(CN1)c1cccc(c1)C6)([C@H]57)[C@@H]42. The topological polar surface area (TPSA) is 122 Å². The Morgan fingerprint density at radius 1 is 0.783 bits per heavy atom. The van der Waals surface area contributed by atoms with Gasteiger partial charge in [-0.15, -0.1) is 0 Å².